The summed E-state index contributed by atoms with van der Waals surface area (Å²) in [4.78, 5) is 12.6. The van der Waals surface area contributed by atoms with Crippen LogP contribution in [0.2, 0.25) is 0 Å². The molecule has 1 aliphatic rings. The van der Waals surface area contributed by atoms with E-state index >= 15 is 0 Å². The van der Waals surface area contributed by atoms with Gasteiger partial charge in [0, 0.05) is 36.9 Å². The number of carbonyl (C=O) groups is 1. The highest BCUT2D eigenvalue weighted by Crippen LogP contribution is 2.24. The summed E-state index contributed by atoms with van der Waals surface area (Å²) in [6.07, 6.45) is 3.78. The first-order chi connectivity index (χ1) is 12.0. The lowest BCUT2D eigenvalue weighted by Gasteiger charge is -2.26. The Kier molecular flexibility index (Phi) is 5.53. The van der Waals surface area contributed by atoms with E-state index in [1.165, 1.54) is 11.3 Å². The fourth-order valence-electron chi connectivity index (χ4n) is 3.63. The van der Waals surface area contributed by atoms with E-state index in [4.69, 9.17) is 0 Å². The summed E-state index contributed by atoms with van der Waals surface area (Å²) in [6.45, 7) is 4.95. The van der Waals surface area contributed by atoms with Crippen LogP contribution in [0.1, 0.15) is 47.6 Å². The van der Waals surface area contributed by atoms with Crippen LogP contribution in [0.5, 0.6) is 0 Å². The van der Waals surface area contributed by atoms with Crippen molar-refractivity contribution in [2.75, 3.05) is 6.54 Å². The molecule has 5 heteroatoms. The Labute approximate surface area is 149 Å². The van der Waals surface area contributed by atoms with Gasteiger partial charge in [0.2, 0.25) is 0 Å². The number of amides is 1. The molecule has 0 saturated heterocycles. The first-order valence-electron chi connectivity index (χ1n) is 9.17. The van der Waals surface area contributed by atoms with Gasteiger partial charge in [0.05, 0.1) is 0 Å². The van der Waals surface area contributed by atoms with Crippen LogP contribution in [0, 0.1) is 0 Å². The molecule has 1 heterocycles. The van der Waals surface area contributed by atoms with Gasteiger partial charge >= 0.3 is 0 Å². The van der Waals surface area contributed by atoms with Gasteiger partial charge in [-0.3, -0.25) is 9.48 Å². The van der Waals surface area contributed by atoms with Crippen molar-refractivity contribution >= 4 is 5.91 Å². The predicted molar refractivity (Wildman–Crippen MR) is 99.8 cm³/mol. The first kappa shape index (κ1) is 17.7. The Morgan fingerprint density at radius 1 is 1.32 bits per heavy atom. The predicted octanol–water partition coefficient (Wildman–Crippen LogP) is 2.25. The molecule has 0 spiro atoms. The first-order valence-corrected chi connectivity index (χ1v) is 9.17. The summed E-state index contributed by atoms with van der Waals surface area (Å²) in [7, 11) is 1.94. The van der Waals surface area contributed by atoms with Crippen LogP contribution in [-0.4, -0.2) is 34.3 Å². The third-order valence-corrected chi connectivity index (χ3v) is 4.78. The van der Waals surface area contributed by atoms with Gasteiger partial charge in [0.25, 0.3) is 5.91 Å². The Morgan fingerprint density at radius 2 is 2.08 bits per heavy atom. The van der Waals surface area contributed by atoms with E-state index in [1.54, 1.807) is 0 Å². The second-order valence-electron chi connectivity index (χ2n) is 7.15. The average molecular weight is 340 g/mol. The number of fused-ring (bicyclic) bond motifs is 1. The van der Waals surface area contributed by atoms with Crippen molar-refractivity contribution in [2.24, 2.45) is 7.05 Å². The number of benzene rings is 1. The fourth-order valence-corrected chi connectivity index (χ4v) is 3.63. The number of nitrogens with zero attached hydrogens (tertiary/aromatic N) is 2. The van der Waals surface area contributed by atoms with Gasteiger partial charge < -0.3 is 10.6 Å². The molecule has 2 N–H and O–H groups in total. The smallest absolute Gasteiger partial charge is 0.272 e. The van der Waals surface area contributed by atoms with Gasteiger partial charge in [-0.15, -0.1) is 0 Å². The molecule has 5 nitrogen and oxygen atoms in total. The Morgan fingerprint density at radius 3 is 2.80 bits per heavy atom. The van der Waals surface area contributed by atoms with E-state index in [2.05, 4.69) is 41.7 Å². The van der Waals surface area contributed by atoms with Crippen molar-refractivity contribution in [1.82, 2.24) is 20.4 Å². The lowest BCUT2D eigenvalue weighted by Crippen LogP contribution is -2.39. The highest BCUT2D eigenvalue weighted by atomic mass is 16.1. The molecule has 0 radical (unpaired) electrons. The molecule has 1 unspecified atom stereocenters. The monoisotopic (exact) mass is 340 g/mol. The summed E-state index contributed by atoms with van der Waals surface area (Å²) in [5.41, 5.74) is 4.15. The molecule has 0 fully saturated rings. The van der Waals surface area contributed by atoms with Crippen LogP contribution in [0.3, 0.4) is 0 Å². The zero-order valence-electron chi connectivity index (χ0n) is 15.4. The van der Waals surface area contributed by atoms with Crippen LogP contribution < -0.4 is 10.6 Å². The maximum absolute atomic E-state index is 12.6. The number of carbonyl (C=O) groups excluding carboxylic acids is 1. The molecule has 1 amide bonds. The normalized spacial score (nSPS) is 16.7. The Hall–Kier alpha value is -2.14. The van der Waals surface area contributed by atoms with Gasteiger partial charge in [0.15, 0.2) is 5.69 Å². The second-order valence-corrected chi connectivity index (χ2v) is 7.15. The largest absolute Gasteiger partial charge is 0.350 e. The maximum atomic E-state index is 12.6. The molecule has 134 valence electrons. The van der Waals surface area contributed by atoms with Crippen LogP contribution in [0.25, 0.3) is 0 Å². The fraction of sp³-hybridized carbons (Fsp3) is 0.500. The molecule has 1 aromatic heterocycles. The molecule has 1 aliphatic carbocycles. The number of aryl methyl sites for hydroxylation is 1. The minimum atomic E-state index is -0.0574. The second kappa shape index (κ2) is 7.83. The zero-order chi connectivity index (χ0) is 17.8. The number of nitrogens with one attached hydrogen (secondary N) is 2. The summed E-state index contributed by atoms with van der Waals surface area (Å²) in [6, 6.07) is 11.1. The van der Waals surface area contributed by atoms with Gasteiger partial charge in [0.1, 0.15) is 0 Å². The van der Waals surface area contributed by atoms with Gasteiger partial charge in [-0.05, 0) is 31.2 Å². The van der Waals surface area contributed by atoms with E-state index in [0.717, 1.165) is 31.2 Å². The number of rotatable bonds is 6. The molecule has 1 aromatic carbocycles. The molecule has 1 atom stereocenters. The SMILES string of the molecule is CC(C)NC1CCc2c(c(C(=O)NCCc3ccccc3)nn2C)C1. The standard InChI is InChI=1S/C20H28N4O/c1-14(2)22-16-9-10-18-17(13-16)19(23-24(18)3)20(25)21-12-11-15-7-5-4-6-8-15/h4-8,14,16,22H,9-13H2,1-3H3,(H,21,25). The van der Waals surface area contributed by atoms with Crippen molar-refractivity contribution in [2.45, 2.75) is 51.6 Å². The lowest BCUT2D eigenvalue weighted by atomic mass is 9.91. The maximum Gasteiger partial charge on any atom is 0.272 e. The minimum absolute atomic E-state index is 0.0574. The van der Waals surface area contributed by atoms with Crippen molar-refractivity contribution in [1.29, 1.82) is 0 Å². The van der Waals surface area contributed by atoms with E-state index in [0.29, 0.717) is 24.3 Å². The molecule has 0 saturated carbocycles. The topological polar surface area (TPSA) is 59.0 Å². The van der Waals surface area contributed by atoms with Gasteiger partial charge in [-0.2, -0.15) is 5.10 Å². The zero-order valence-corrected chi connectivity index (χ0v) is 15.4. The molecule has 25 heavy (non-hydrogen) atoms. The van der Waals surface area contributed by atoms with E-state index in [9.17, 15) is 4.79 Å². The number of aromatic nitrogens is 2. The van der Waals surface area contributed by atoms with Crippen molar-refractivity contribution in [3.63, 3.8) is 0 Å². The van der Waals surface area contributed by atoms with E-state index in [1.807, 2.05) is 29.9 Å². The summed E-state index contributed by atoms with van der Waals surface area (Å²) in [5, 5.41) is 11.1. The molecular formula is C20H28N4O. The average Bonchev–Trinajstić information content (AvgIpc) is 2.92. The summed E-state index contributed by atoms with van der Waals surface area (Å²) < 4.78 is 1.88. The summed E-state index contributed by atoms with van der Waals surface area (Å²) >= 11 is 0. The quantitative estimate of drug-likeness (QED) is 0.848. The van der Waals surface area contributed by atoms with Gasteiger partial charge in [-0.1, -0.05) is 44.2 Å². The summed E-state index contributed by atoms with van der Waals surface area (Å²) in [5.74, 6) is -0.0574. The highest BCUT2D eigenvalue weighted by Gasteiger charge is 2.28. The molecule has 2 aromatic rings. The van der Waals surface area contributed by atoms with E-state index < -0.39 is 0 Å². The van der Waals surface area contributed by atoms with Crippen molar-refractivity contribution in [3.05, 3.63) is 52.8 Å². The van der Waals surface area contributed by atoms with Gasteiger partial charge in [-0.25, -0.2) is 0 Å². The Balaban J connectivity index is 1.65. The number of hydrogen-bond donors (Lipinski definition) is 2. The highest BCUT2D eigenvalue weighted by molar-refractivity contribution is 5.94. The Bertz CT molecular complexity index is 721. The molecule has 0 aliphatic heterocycles. The van der Waals surface area contributed by atoms with Crippen LogP contribution >= 0.6 is 0 Å². The van der Waals surface area contributed by atoms with Crippen molar-refractivity contribution in [3.8, 4) is 0 Å². The molecule has 0 bridgehead atoms. The van der Waals surface area contributed by atoms with Crippen LogP contribution in [-0.2, 0) is 26.3 Å². The van der Waals surface area contributed by atoms with Crippen LogP contribution in [0.4, 0.5) is 0 Å². The number of hydrogen-bond acceptors (Lipinski definition) is 3. The van der Waals surface area contributed by atoms with Crippen LogP contribution in [0.15, 0.2) is 30.3 Å². The van der Waals surface area contributed by atoms with E-state index in [-0.39, 0.29) is 5.91 Å². The van der Waals surface area contributed by atoms with Crippen molar-refractivity contribution < 1.29 is 4.79 Å². The molecule has 3 rings (SSSR count). The molecular weight excluding hydrogens is 312 g/mol. The third-order valence-electron chi connectivity index (χ3n) is 4.78. The lowest BCUT2D eigenvalue weighted by molar-refractivity contribution is 0.0947. The third kappa shape index (κ3) is 4.28. The minimum Gasteiger partial charge on any atom is -0.350 e.